The van der Waals surface area contributed by atoms with Gasteiger partial charge in [-0.1, -0.05) is 0 Å². The van der Waals surface area contributed by atoms with Gasteiger partial charge in [0.2, 0.25) is 0 Å². The van der Waals surface area contributed by atoms with E-state index < -0.39 is 0 Å². The first-order chi connectivity index (χ1) is 12.1. The molecule has 2 aromatic carbocycles. The van der Waals surface area contributed by atoms with Crippen LogP contribution in [0.5, 0.6) is 11.5 Å². The average Bonchev–Trinajstić information content (AvgIpc) is 2.96. The van der Waals surface area contributed by atoms with E-state index in [9.17, 15) is 4.79 Å². The summed E-state index contributed by atoms with van der Waals surface area (Å²) >= 11 is 0. The topological polar surface area (TPSA) is 73.6 Å². The number of ether oxygens (including phenoxy) is 2. The van der Waals surface area contributed by atoms with Gasteiger partial charge < -0.3 is 19.2 Å². The molecular formula is C19H20N2O4. The molecule has 0 saturated heterocycles. The fraction of sp³-hybridized carbons (Fsp3) is 0.263. The minimum absolute atomic E-state index is 0.233. The fourth-order valence-electron chi connectivity index (χ4n) is 2.52. The number of rotatable bonds is 6. The molecule has 0 unspecified atom stereocenters. The smallest absolute Gasteiger partial charge is 0.255 e. The van der Waals surface area contributed by atoms with Gasteiger partial charge in [0, 0.05) is 18.2 Å². The van der Waals surface area contributed by atoms with Crippen molar-refractivity contribution in [3.8, 4) is 11.5 Å². The van der Waals surface area contributed by atoms with Gasteiger partial charge in [0.15, 0.2) is 23.0 Å². The van der Waals surface area contributed by atoms with Crippen molar-refractivity contribution in [2.45, 2.75) is 20.8 Å². The maximum absolute atomic E-state index is 12.5. The number of hydrogen-bond acceptors (Lipinski definition) is 5. The number of aryl methyl sites for hydroxylation is 1. The lowest BCUT2D eigenvalue weighted by atomic mass is 10.1. The van der Waals surface area contributed by atoms with Crippen LogP contribution in [0.3, 0.4) is 0 Å². The van der Waals surface area contributed by atoms with Crippen molar-refractivity contribution in [1.82, 2.24) is 4.98 Å². The zero-order chi connectivity index (χ0) is 17.8. The summed E-state index contributed by atoms with van der Waals surface area (Å²) in [5.74, 6) is 1.54. The number of fused-ring (bicyclic) bond motifs is 1. The average molecular weight is 340 g/mol. The highest BCUT2D eigenvalue weighted by Gasteiger charge is 2.12. The van der Waals surface area contributed by atoms with Crippen molar-refractivity contribution in [3.63, 3.8) is 0 Å². The molecule has 0 bridgehead atoms. The molecule has 1 heterocycles. The molecular weight excluding hydrogens is 320 g/mol. The molecule has 130 valence electrons. The molecule has 0 spiro atoms. The summed E-state index contributed by atoms with van der Waals surface area (Å²) in [6.07, 6.45) is 0. The second-order valence-electron chi connectivity index (χ2n) is 5.40. The number of benzene rings is 2. The molecule has 0 saturated carbocycles. The Hall–Kier alpha value is -3.02. The Bertz CT molecular complexity index is 902. The normalized spacial score (nSPS) is 10.7. The molecule has 0 aliphatic rings. The van der Waals surface area contributed by atoms with E-state index in [1.54, 1.807) is 43.3 Å². The van der Waals surface area contributed by atoms with Crippen LogP contribution >= 0.6 is 0 Å². The van der Waals surface area contributed by atoms with Crippen molar-refractivity contribution in [2.24, 2.45) is 0 Å². The maximum atomic E-state index is 12.5. The summed E-state index contributed by atoms with van der Waals surface area (Å²) in [6.45, 7) is 6.60. The summed E-state index contributed by atoms with van der Waals surface area (Å²) in [7, 11) is 0. The molecule has 3 aromatic rings. The van der Waals surface area contributed by atoms with Crippen LogP contribution in [0.2, 0.25) is 0 Å². The highest BCUT2D eigenvalue weighted by atomic mass is 16.5. The molecule has 6 heteroatoms. The summed E-state index contributed by atoms with van der Waals surface area (Å²) in [4.78, 5) is 16.8. The molecule has 3 rings (SSSR count). The van der Waals surface area contributed by atoms with Gasteiger partial charge in [-0.25, -0.2) is 4.98 Å². The standard InChI is InChI=1S/C19H20N2O4/c1-4-23-17-8-6-13(10-18(17)24-5-2)19(22)21-14-7-9-16-15(11-14)20-12(3)25-16/h6-11H,4-5H2,1-3H3,(H,21,22). The van der Waals surface area contributed by atoms with E-state index in [0.717, 1.165) is 0 Å². The lowest BCUT2D eigenvalue weighted by molar-refractivity contribution is 0.102. The van der Waals surface area contributed by atoms with Crippen molar-refractivity contribution in [3.05, 3.63) is 47.9 Å². The largest absolute Gasteiger partial charge is 0.490 e. The van der Waals surface area contributed by atoms with Gasteiger partial charge in [0.1, 0.15) is 5.52 Å². The lowest BCUT2D eigenvalue weighted by Gasteiger charge is -2.12. The first-order valence-electron chi connectivity index (χ1n) is 8.19. The highest BCUT2D eigenvalue weighted by molar-refractivity contribution is 6.05. The Morgan fingerprint density at radius 2 is 1.84 bits per heavy atom. The van der Waals surface area contributed by atoms with E-state index in [4.69, 9.17) is 13.9 Å². The molecule has 0 atom stereocenters. The molecule has 6 nitrogen and oxygen atoms in total. The van der Waals surface area contributed by atoms with E-state index in [-0.39, 0.29) is 5.91 Å². The number of carbonyl (C=O) groups excluding carboxylic acids is 1. The van der Waals surface area contributed by atoms with E-state index in [2.05, 4.69) is 10.3 Å². The van der Waals surface area contributed by atoms with Crippen molar-refractivity contribution in [2.75, 3.05) is 18.5 Å². The van der Waals surface area contributed by atoms with Gasteiger partial charge in [-0.15, -0.1) is 0 Å². The van der Waals surface area contributed by atoms with Crippen molar-refractivity contribution in [1.29, 1.82) is 0 Å². The maximum Gasteiger partial charge on any atom is 0.255 e. The predicted octanol–water partition coefficient (Wildman–Crippen LogP) is 4.19. The fourth-order valence-corrected chi connectivity index (χ4v) is 2.52. The lowest BCUT2D eigenvalue weighted by Crippen LogP contribution is -2.12. The van der Waals surface area contributed by atoms with Gasteiger partial charge in [-0.05, 0) is 50.2 Å². The quantitative estimate of drug-likeness (QED) is 0.728. The van der Waals surface area contributed by atoms with E-state index >= 15 is 0 Å². The molecule has 1 N–H and O–H groups in total. The van der Waals surface area contributed by atoms with Gasteiger partial charge in [0.25, 0.3) is 5.91 Å². The van der Waals surface area contributed by atoms with E-state index in [1.165, 1.54) is 0 Å². The number of amides is 1. The molecule has 25 heavy (non-hydrogen) atoms. The third-order valence-corrected chi connectivity index (χ3v) is 3.56. The Labute approximate surface area is 145 Å². The van der Waals surface area contributed by atoms with Crippen LogP contribution in [-0.2, 0) is 0 Å². The van der Waals surface area contributed by atoms with Crippen LogP contribution in [0, 0.1) is 6.92 Å². The third kappa shape index (κ3) is 3.74. The number of hydrogen-bond donors (Lipinski definition) is 1. The molecule has 1 aromatic heterocycles. The number of aromatic nitrogens is 1. The minimum atomic E-state index is -0.233. The van der Waals surface area contributed by atoms with Gasteiger partial charge in [0.05, 0.1) is 13.2 Å². The van der Waals surface area contributed by atoms with Crippen LogP contribution in [0.1, 0.15) is 30.1 Å². The zero-order valence-electron chi connectivity index (χ0n) is 14.5. The Morgan fingerprint density at radius 3 is 2.60 bits per heavy atom. The van der Waals surface area contributed by atoms with Crippen LogP contribution in [0.25, 0.3) is 11.1 Å². The summed E-state index contributed by atoms with van der Waals surface area (Å²) in [5, 5.41) is 2.86. The Balaban J connectivity index is 1.82. The Kier molecular flexibility index (Phi) is 4.88. The molecule has 1 amide bonds. The predicted molar refractivity (Wildman–Crippen MR) is 95.5 cm³/mol. The summed E-state index contributed by atoms with van der Waals surface area (Å²) in [6, 6.07) is 10.5. The van der Waals surface area contributed by atoms with Crippen LogP contribution < -0.4 is 14.8 Å². The SMILES string of the molecule is CCOc1ccc(C(=O)Nc2ccc3oc(C)nc3c2)cc1OCC. The summed E-state index contributed by atoms with van der Waals surface area (Å²) in [5.41, 5.74) is 2.54. The number of anilines is 1. The van der Waals surface area contributed by atoms with Gasteiger partial charge >= 0.3 is 0 Å². The van der Waals surface area contributed by atoms with Crippen LogP contribution in [-0.4, -0.2) is 24.1 Å². The number of nitrogens with one attached hydrogen (secondary N) is 1. The molecule has 0 radical (unpaired) electrons. The molecule has 0 aliphatic carbocycles. The summed E-state index contributed by atoms with van der Waals surface area (Å²) < 4.78 is 16.5. The minimum Gasteiger partial charge on any atom is -0.490 e. The van der Waals surface area contributed by atoms with Crippen molar-refractivity contribution < 1.29 is 18.7 Å². The number of nitrogens with zero attached hydrogens (tertiary/aromatic N) is 1. The monoisotopic (exact) mass is 340 g/mol. The molecule has 0 aliphatic heterocycles. The van der Waals surface area contributed by atoms with Crippen molar-refractivity contribution >= 4 is 22.7 Å². The van der Waals surface area contributed by atoms with Gasteiger partial charge in [-0.2, -0.15) is 0 Å². The molecule has 0 fully saturated rings. The highest BCUT2D eigenvalue weighted by Crippen LogP contribution is 2.29. The Morgan fingerprint density at radius 1 is 1.08 bits per heavy atom. The number of carbonyl (C=O) groups is 1. The second kappa shape index (κ2) is 7.25. The van der Waals surface area contributed by atoms with E-state index in [0.29, 0.717) is 53.0 Å². The second-order valence-corrected chi connectivity index (χ2v) is 5.40. The van der Waals surface area contributed by atoms with Gasteiger partial charge in [-0.3, -0.25) is 4.79 Å². The first kappa shape index (κ1) is 16.8. The zero-order valence-corrected chi connectivity index (χ0v) is 14.5. The van der Waals surface area contributed by atoms with Crippen LogP contribution in [0.15, 0.2) is 40.8 Å². The third-order valence-electron chi connectivity index (χ3n) is 3.56. The van der Waals surface area contributed by atoms with Crippen LogP contribution in [0.4, 0.5) is 5.69 Å². The number of oxazole rings is 1. The first-order valence-corrected chi connectivity index (χ1v) is 8.19. The van der Waals surface area contributed by atoms with E-state index in [1.807, 2.05) is 13.8 Å².